The summed E-state index contributed by atoms with van der Waals surface area (Å²) < 4.78 is 1.39. The summed E-state index contributed by atoms with van der Waals surface area (Å²) in [7, 11) is 0. The van der Waals surface area contributed by atoms with Gasteiger partial charge in [-0.3, -0.25) is 14.2 Å². The Morgan fingerprint density at radius 1 is 1.25 bits per heavy atom. The number of thiophene rings is 1. The van der Waals surface area contributed by atoms with Crippen molar-refractivity contribution >= 4 is 27.5 Å². The van der Waals surface area contributed by atoms with Crippen LogP contribution in [0.4, 0.5) is 0 Å². The molecular weight excluding hydrogens is 322 g/mol. The Balaban J connectivity index is 1.82. The Hall–Kier alpha value is -2.47. The highest BCUT2D eigenvalue weighted by atomic mass is 32.1. The van der Waals surface area contributed by atoms with E-state index in [-0.39, 0.29) is 24.1 Å². The van der Waals surface area contributed by atoms with Crippen LogP contribution in [0.15, 0.2) is 52.9 Å². The maximum absolute atomic E-state index is 12.7. The molecule has 0 N–H and O–H groups in total. The molecular formula is C18H19N3O2S. The molecule has 0 spiro atoms. The average molecular weight is 341 g/mol. The van der Waals surface area contributed by atoms with Crippen molar-refractivity contribution in [2.24, 2.45) is 0 Å². The van der Waals surface area contributed by atoms with Crippen molar-refractivity contribution in [3.8, 4) is 0 Å². The minimum absolute atomic E-state index is 0.00261. The summed E-state index contributed by atoms with van der Waals surface area (Å²) in [6, 6.07) is 11.6. The van der Waals surface area contributed by atoms with Gasteiger partial charge in [0.2, 0.25) is 5.91 Å². The summed E-state index contributed by atoms with van der Waals surface area (Å²) in [6.07, 6.45) is 1.46. The lowest BCUT2D eigenvalue weighted by molar-refractivity contribution is -0.134. The summed E-state index contributed by atoms with van der Waals surface area (Å²) in [4.78, 5) is 31.9. The van der Waals surface area contributed by atoms with E-state index in [4.69, 9.17) is 0 Å². The van der Waals surface area contributed by atoms with E-state index < -0.39 is 0 Å². The molecule has 24 heavy (non-hydrogen) atoms. The molecule has 3 aromatic rings. The number of rotatable bonds is 5. The number of aromatic nitrogens is 2. The van der Waals surface area contributed by atoms with Crippen LogP contribution in [0.25, 0.3) is 10.2 Å². The second kappa shape index (κ2) is 6.97. The van der Waals surface area contributed by atoms with Gasteiger partial charge in [0, 0.05) is 12.6 Å². The summed E-state index contributed by atoms with van der Waals surface area (Å²) in [6.45, 7) is 4.48. The van der Waals surface area contributed by atoms with E-state index in [2.05, 4.69) is 4.98 Å². The Kier molecular flexibility index (Phi) is 4.76. The third kappa shape index (κ3) is 3.38. The van der Waals surface area contributed by atoms with E-state index in [0.717, 1.165) is 5.56 Å². The highest BCUT2D eigenvalue weighted by molar-refractivity contribution is 7.16. The SMILES string of the molecule is CC(C)N(Cc1ccccc1)C(=O)Cn1cnc2sccc2c1=O. The molecule has 2 heterocycles. The standard InChI is InChI=1S/C18H19N3O2S/c1-13(2)21(10-14-6-4-3-5-7-14)16(22)11-20-12-19-17-15(18(20)23)8-9-24-17/h3-9,12-13H,10-11H2,1-2H3. The maximum atomic E-state index is 12.7. The van der Waals surface area contributed by atoms with Gasteiger partial charge in [0.15, 0.2) is 0 Å². The van der Waals surface area contributed by atoms with Gasteiger partial charge in [0.25, 0.3) is 5.56 Å². The molecule has 0 saturated heterocycles. The first-order valence-corrected chi connectivity index (χ1v) is 8.70. The molecule has 0 aliphatic heterocycles. The van der Waals surface area contributed by atoms with Gasteiger partial charge >= 0.3 is 0 Å². The van der Waals surface area contributed by atoms with E-state index in [0.29, 0.717) is 16.8 Å². The van der Waals surface area contributed by atoms with Crippen molar-refractivity contribution in [1.82, 2.24) is 14.5 Å². The van der Waals surface area contributed by atoms with Crippen molar-refractivity contribution in [3.05, 3.63) is 64.0 Å². The second-order valence-electron chi connectivity index (χ2n) is 5.92. The van der Waals surface area contributed by atoms with Crippen LogP contribution in [0.1, 0.15) is 19.4 Å². The molecule has 1 aromatic carbocycles. The molecule has 6 heteroatoms. The van der Waals surface area contributed by atoms with Crippen LogP contribution in [-0.2, 0) is 17.9 Å². The zero-order chi connectivity index (χ0) is 17.1. The number of hydrogen-bond donors (Lipinski definition) is 0. The fraction of sp³-hybridized carbons (Fsp3) is 0.278. The quantitative estimate of drug-likeness (QED) is 0.717. The van der Waals surface area contributed by atoms with Crippen molar-refractivity contribution < 1.29 is 4.79 Å². The molecule has 0 aliphatic carbocycles. The third-order valence-electron chi connectivity index (χ3n) is 3.90. The van der Waals surface area contributed by atoms with Crippen LogP contribution in [0.3, 0.4) is 0 Å². The molecule has 5 nitrogen and oxygen atoms in total. The van der Waals surface area contributed by atoms with Crippen LogP contribution in [-0.4, -0.2) is 26.4 Å². The van der Waals surface area contributed by atoms with Gasteiger partial charge in [0.1, 0.15) is 11.4 Å². The first-order chi connectivity index (χ1) is 11.6. The molecule has 0 unspecified atom stereocenters. The molecule has 124 valence electrons. The smallest absolute Gasteiger partial charge is 0.262 e. The van der Waals surface area contributed by atoms with E-state index in [1.165, 1.54) is 22.2 Å². The fourth-order valence-corrected chi connectivity index (χ4v) is 3.30. The van der Waals surface area contributed by atoms with Crippen LogP contribution in [0.5, 0.6) is 0 Å². The predicted molar refractivity (Wildman–Crippen MR) is 96.0 cm³/mol. The van der Waals surface area contributed by atoms with Gasteiger partial charge in [-0.15, -0.1) is 11.3 Å². The molecule has 0 fully saturated rings. The van der Waals surface area contributed by atoms with Gasteiger partial charge in [0.05, 0.1) is 11.7 Å². The number of carbonyl (C=O) groups excluding carboxylic acids is 1. The van der Waals surface area contributed by atoms with E-state index >= 15 is 0 Å². The van der Waals surface area contributed by atoms with Crippen LogP contribution in [0, 0.1) is 0 Å². The normalized spacial score (nSPS) is 11.1. The first-order valence-electron chi connectivity index (χ1n) is 7.82. The number of nitrogens with zero attached hydrogens (tertiary/aromatic N) is 3. The minimum Gasteiger partial charge on any atom is -0.334 e. The number of benzene rings is 1. The third-order valence-corrected chi connectivity index (χ3v) is 4.72. The summed E-state index contributed by atoms with van der Waals surface area (Å²) in [5.41, 5.74) is 0.899. The fourth-order valence-electron chi connectivity index (χ4n) is 2.58. The molecule has 0 saturated carbocycles. The largest absolute Gasteiger partial charge is 0.334 e. The van der Waals surface area contributed by atoms with Crippen molar-refractivity contribution in [2.45, 2.75) is 33.0 Å². The lowest BCUT2D eigenvalue weighted by Crippen LogP contribution is -2.40. The van der Waals surface area contributed by atoms with Gasteiger partial charge in [-0.2, -0.15) is 0 Å². The summed E-state index contributed by atoms with van der Waals surface area (Å²) in [5.74, 6) is -0.0904. The molecule has 2 aromatic heterocycles. The Bertz CT molecular complexity index is 899. The molecule has 0 radical (unpaired) electrons. The number of carbonyl (C=O) groups is 1. The molecule has 1 amide bonds. The van der Waals surface area contributed by atoms with E-state index in [1.54, 1.807) is 11.0 Å². The van der Waals surface area contributed by atoms with Gasteiger partial charge in [-0.25, -0.2) is 4.98 Å². The van der Waals surface area contributed by atoms with Gasteiger partial charge < -0.3 is 4.90 Å². The van der Waals surface area contributed by atoms with E-state index in [1.807, 2.05) is 49.6 Å². The first kappa shape index (κ1) is 16.4. The lowest BCUT2D eigenvalue weighted by atomic mass is 10.2. The molecule has 3 rings (SSSR count). The highest BCUT2D eigenvalue weighted by Crippen LogP contribution is 2.14. The summed E-state index contributed by atoms with van der Waals surface area (Å²) in [5, 5.41) is 2.40. The second-order valence-corrected chi connectivity index (χ2v) is 6.81. The maximum Gasteiger partial charge on any atom is 0.262 e. The van der Waals surface area contributed by atoms with Crippen molar-refractivity contribution in [1.29, 1.82) is 0 Å². The Morgan fingerprint density at radius 2 is 2.00 bits per heavy atom. The predicted octanol–water partition coefficient (Wildman–Crippen LogP) is 2.90. The Morgan fingerprint density at radius 3 is 2.71 bits per heavy atom. The number of hydrogen-bond acceptors (Lipinski definition) is 4. The van der Waals surface area contributed by atoms with E-state index in [9.17, 15) is 9.59 Å². The highest BCUT2D eigenvalue weighted by Gasteiger charge is 2.18. The van der Waals surface area contributed by atoms with Crippen molar-refractivity contribution in [2.75, 3.05) is 0 Å². The zero-order valence-electron chi connectivity index (χ0n) is 13.7. The van der Waals surface area contributed by atoms with Gasteiger partial charge in [-0.05, 0) is 30.9 Å². The molecule has 0 bridgehead atoms. The molecule has 0 atom stereocenters. The monoisotopic (exact) mass is 341 g/mol. The molecule has 0 aliphatic rings. The van der Waals surface area contributed by atoms with Crippen LogP contribution < -0.4 is 5.56 Å². The lowest BCUT2D eigenvalue weighted by Gasteiger charge is -2.27. The number of fused-ring (bicyclic) bond motifs is 1. The number of amides is 1. The summed E-state index contributed by atoms with van der Waals surface area (Å²) >= 11 is 1.42. The van der Waals surface area contributed by atoms with Crippen molar-refractivity contribution in [3.63, 3.8) is 0 Å². The average Bonchev–Trinajstić information content (AvgIpc) is 3.05. The zero-order valence-corrected chi connectivity index (χ0v) is 14.5. The Labute approximate surface area is 144 Å². The topological polar surface area (TPSA) is 55.2 Å². The van der Waals surface area contributed by atoms with Gasteiger partial charge in [-0.1, -0.05) is 30.3 Å². The minimum atomic E-state index is -0.169. The van der Waals surface area contributed by atoms with Crippen LogP contribution >= 0.6 is 11.3 Å². The van der Waals surface area contributed by atoms with Crippen LogP contribution in [0.2, 0.25) is 0 Å².